The van der Waals surface area contributed by atoms with E-state index in [1.807, 2.05) is 63.2 Å². The van der Waals surface area contributed by atoms with E-state index in [1.165, 1.54) is 0 Å². The molecule has 0 fully saturated rings. The van der Waals surface area contributed by atoms with Crippen LogP contribution in [0.3, 0.4) is 0 Å². The second-order valence-electron chi connectivity index (χ2n) is 8.83. The van der Waals surface area contributed by atoms with Crippen molar-refractivity contribution in [3.8, 4) is 5.75 Å². The zero-order chi connectivity index (χ0) is 23.5. The lowest BCUT2D eigenvalue weighted by Crippen LogP contribution is -2.36. The van der Waals surface area contributed by atoms with Gasteiger partial charge >= 0.3 is 5.97 Å². The first-order chi connectivity index (χ1) is 15.9. The van der Waals surface area contributed by atoms with E-state index in [1.54, 1.807) is 7.11 Å². The summed E-state index contributed by atoms with van der Waals surface area (Å²) in [5.41, 5.74) is 4.79. The maximum atomic E-state index is 13.6. The summed E-state index contributed by atoms with van der Waals surface area (Å²) in [5.74, 6) is -0.0150. The van der Waals surface area contributed by atoms with E-state index in [4.69, 9.17) is 9.47 Å². The Hall–Kier alpha value is -3.34. The van der Waals surface area contributed by atoms with Crippen LogP contribution in [0.1, 0.15) is 63.0 Å². The van der Waals surface area contributed by atoms with E-state index in [0.717, 1.165) is 35.4 Å². The number of carbonyl (C=O) groups excluding carboxylic acids is 2. The van der Waals surface area contributed by atoms with E-state index >= 15 is 0 Å². The van der Waals surface area contributed by atoms with Gasteiger partial charge in [-0.25, -0.2) is 4.79 Å². The van der Waals surface area contributed by atoms with Gasteiger partial charge in [-0.05, 0) is 55.9 Å². The first-order valence-electron chi connectivity index (χ1n) is 11.6. The first kappa shape index (κ1) is 22.8. The average molecular weight is 446 g/mol. The van der Waals surface area contributed by atoms with Crippen molar-refractivity contribution in [2.75, 3.05) is 7.11 Å². The molecule has 0 saturated carbocycles. The van der Waals surface area contributed by atoms with Crippen LogP contribution in [-0.2, 0) is 14.3 Å². The fourth-order valence-corrected chi connectivity index (χ4v) is 4.75. The number of rotatable bonds is 6. The van der Waals surface area contributed by atoms with Gasteiger partial charge in [0, 0.05) is 29.3 Å². The molecule has 1 aliphatic carbocycles. The zero-order valence-corrected chi connectivity index (χ0v) is 19.7. The number of Topliss-reactive ketones (excluding diaryl/α,β-unsaturated/α-hetero) is 1. The van der Waals surface area contributed by atoms with Crippen molar-refractivity contribution in [2.24, 2.45) is 0 Å². The van der Waals surface area contributed by atoms with Gasteiger partial charge in [-0.1, -0.05) is 49.4 Å². The molecule has 172 valence electrons. The van der Waals surface area contributed by atoms with Crippen molar-refractivity contribution in [2.45, 2.75) is 58.0 Å². The average Bonchev–Trinajstić information content (AvgIpc) is 2.83. The highest BCUT2D eigenvalue weighted by Gasteiger charge is 2.41. The number of hydrogen-bond acceptors (Lipinski definition) is 5. The Morgan fingerprint density at radius 2 is 1.82 bits per heavy atom. The summed E-state index contributed by atoms with van der Waals surface area (Å²) in [4.78, 5) is 26.9. The largest absolute Gasteiger partial charge is 0.497 e. The maximum Gasteiger partial charge on any atom is 0.337 e. The van der Waals surface area contributed by atoms with E-state index in [-0.39, 0.29) is 23.8 Å². The summed E-state index contributed by atoms with van der Waals surface area (Å²) >= 11 is 0. The maximum absolute atomic E-state index is 13.6. The Morgan fingerprint density at radius 1 is 1.09 bits per heavy atom. The number of benzene rings is 2. The van der Waals surface area contributed by atoms with Crippen LogP contribution >= 0.6 is 0 Å². The molecule has 0 aromatic heterocycles. The van der Waals surface area contributed by atoms with Crippen LogP contribution < -0.4 is 10.1 Å². The van der Waals surface area contributed by atoms with Gasteiger partial charge in [0.05, 0.1) is 18.8 Å². The van der Waals surface area contributed by atoms with Crippen molar-refractivity contribution in [1.82, 2.24) is 5.32 Å². The lowest BCUT2D eigenvalue weighted by Gasteiger charge is -2.37. The van der Waals surface area contributed by atoms with Gasteiger partial charge in [0.2, 0.25) is 0 Å². The molecule has 5 heteroatoms. The lowest BCUT2D eigenvalue weighted by atomic mass is 9.71. The van der Waals surface area contributed by atoms with Crippen LogP contribution in [0, 0.1) is 0 Å². The second-order valence-corrected chi connectivity index (χ2v) is 8.83. The number of esters is 1. The van der Waals surface area contributed by atoms with Gasteiger partial charge in [0.15, 0.2) is 5.78 Å². The Balaban J connectivity index is 1.80. The van der Waals surface area contributed by atoms with Crippen molar-refractivity contribution in [3.63, 3.8) is 0 Å². The van der Waals surface area contributed by atoms with Crippen LogP contribution in [0.25, 0.3) is 0 Å². The van der Waals surface area contributed by atoms with Gasteiger partial charge in [-0.3, -0.25) is 4.79 Å². The molecule has 0 unspecified atom stereocenters. The van der Waals surface area contributed by atoms with Gasteiger partial charge in [0.25, 0.3) is 0 Å². The number of nitrogens with one attached hydrogen (secondary N) is 1. The predicted molar refractivity (Wildman–Crippen MR) is 128 cm³/mol. The number of hydrogen-bond donors (Lipinski definition) is 1. The number of methoxy groups -OCH3 is 1. The third-order valence-electron chi connectivity index (χ3n) is 6.63. The van der Waals surface area contributed by atoms with Gasteiger partial charge in [-0.2, -0.15) is 0 Å². The molecule has 1 N–H and O–H groups in total. The van der Waals surface area contributed by atoms with Gasteiger partial charge in [-0.15, -0.1) is 0 Å². The fraction of sp³-hybridized carbons (Fsp3) is 0.357. The van der Waals surface area contributed by atoms with Crippen LogP contribution in [0.4, 0.5) is 0 Å². The molecule has 3 atom stereocenters. The second kappa shape index (κ2) is 9.65. The van der Waals surface area contributed by atoms with Crippen molar-refractivity contribution in [3.05, 3.63) is 88.3 Å². The lowest BCUT2D eigenvalue weighted by molar-refractivity contribution is -0.144. The van der Waals surface area contributed by atoms with Gasteiger partial charge in [0.1, 0.15) is 5.75 Å². The van der Waals surface area contributed by atoms with Crippen LogP contribution in [0.2, 0.25) is 0 Å². The Bertz CT molecular complexity index is 1120. The summed E-state index contributed by atoms with van der Waals surface area (Å²) in [6.07, 6.45) is 1.65. The highest BCUT2D eigenvalue weighted by molar-refractivity contribution is 6.04. The number of ether oxygens (including phenoxy) is 2. The van der Waals surface area contributed by atoms with Gasteiger partial charge < -0.3 is 14.8 Å². The highest BCUT2D eigenvalue weighted by atomic mass is 16.5. The number of dihydropyridines is 1. The number of ketones is 1. The number of allylic oxidation sites excluding steroid dienone is 3. The Morgan fingerprint density at radius 3 is 2.52 bits per heavy atom. The molecule has 2 aliphatic rings. The molecule has 0 amide bonds. The summed E-state index contributed by atoms with van der Waals surface area (Å²) < 4.78 is 11.2. The summed E-state index contributed by atoms with van der Waals surface area (Å²) in [7, 11) is 1.61. The molecule has 0 saturated heterocycles. The van der Waals surface area contributed by atoms with Crippen LogP contribution in [-0.4, -0.2) is 25.0 Å². The molecule has 2 aromatic carbocycles. The molecule has 0 spiro atoms. The summed E-state index contributed by atoms with van der Waals surface area (Å²) in [5, 5.41) is 3.41. The molecule has 4 rings (SSSR count). The van der Waals surface area contributed by atoms with Crippen molar-refractivity contribution in [1.29, 1.82) is 0 Å². The van der Waals surface area contributed by atoms with E-state index in [9.17, 15) is 9.59 Å². The fourth-order valence-electron chi connectivity index (χ4n) is 4.75. The Labute approximate surface area is 195 Å². The highest BCUT2D eigenvalue weighted by Crippen LogP contribution is 2.46. The van der Waals surface area contributed by atoms with E-state index < -0.39 is 5.92 Å². The molecule has 1 heterocycles. The van der Waals surface area contributed by atoms with E-state index in [2.05, 4.69) is 17.4 Å². The quantitative estimate of drug-likeness (QED) is 0.603. The minimum atomic E-state index is -0.489. The SMILES string of the molecule is CC[C@H](C)OC(=O)C1=C(C)NC2=C(C(=O)C[C@H](c3ccccc3)C2)[C@@H]1c1cccc(OC)c1. The smallest absolute Gasteiger partial charge is 0.337 e. The Kier molecular flexibility index (Phi) is 6.68. The topological polar surface area (TPSA) is 64.6 Å². The summed E-state index contributed by atoms with van der Waals surface area (Å²) in [6, 6.07) is 17.7. The number of carbonyl (C=O) groups is 2. The van der Waals surface area contributed by atoms with E-state index in [0.29, 0.717) is 23.3 Å². The minimum Gasteiger partial charge on any atom is -0.497 e. The standard InChI is InChI=1S/C28H31NO4/c1-5-17(2)33-28(31)25-18(3)29-23-15-21(19-10-7-6-8-11-19)16-24(30)27(23)26(25)20-12-9-13-22(14-20)32-4/h6-14,17,21,26,29H,5,15-16H2,1-4H3/t17-,21+,26+/m0/s1. The monoisotopic (exact) mass is 445 g/mol. The third kappa shape index (κ3) is 4.58. The molecule has 1 aliphatic heterocycles. The van der Waals surface area contributed by atoms with Crippen molar-refractivity contribution < 1.29 is 19.1 Å². The molecular weight excluding hydrogens is 414 g/mol. The predicted octanol–water partition coefficient (Wildman–Crippen LogP) is 5.40. The first-order valence-corrected chi connectivity index (χ1v) is 11.6. The normalized spacial score (nSPS) is 21.3. The molecule has 33 heavy (non-hydrogen) atoms. The van der Waals surface area contributed by atoms with Crippen molar-refractivity contribution >= 4 is 11.8 Å². The zero-order valence-electron chi connectivity index (χ0n) is 19.7. The summed E-state index contributed by atoms with van der Waals surface area (Å²) in [6.45, 7) is 5.75. The molecule has 0 radical (unpaired) electrons. The third-order valence-corrected chi connectivity index (χ3v) is 6.63. The molecular formula is C28H31NO4. The van der Waals surface area contributed by atoms with Crippen LogP contribution in [0.15, 0.2) is 77.1 Å². The minimum absolute atomic E-state index is 0.0618. The van der Waals surface area contributed by atoms with Crippen LogP contribution in [0.5, 0.6) is 5.75 Å². The molecule has 5 nitrogen and oxygen atoms in total. The molecule has 2 aromatic rings. The molecule has 0 bridgehead atoms.